The van der Waals surface area contributed by atoms with E-state index < -0.39 is 0 Å². The number of nitrogens with zero attached hydrogens (tertiary/aromatic N) is 3. The predicted molar refractivity (Wildman–Crippen MR) is 147 cm³/mol. The highest BCUT2D eigenvalue weighted by molar-refractivity contribution is 6.02. The fraction of sp³-hybridized carbons (Fsp3) is 0.333. The number of benzene rings is 2. The quantitative estimate of drug-likeness (QED) is 0.352. The molecule has 4 rings (SSSR count). The first-order valence-corrected chi connectivity index (χ1v) is 12.5. The van der Waals surface area contributed by atoms with Crippen molar-refractivity contribution in [2.75, 3.05) is 14.2 Å². The zero-order valence-electron chi connectivity index (χ0n) is 23.0. The van der Waals surface area contributed by atoms with Crippen LogP contribution in [0.2, 0.25) is 0 Å². The monoisotopic (exact) mass is 514 g/mol. The molecule has 0 unspecified atom stereocenters. The van der Waals surface area contributed by atoms with Crippen molar-refractivity contribution >= 4 is 22.6 Å². The molecule has 2 aromatic carbocycles. The molecular weight excluding hydrogens is 480 g/mol. The van der Waals surface area contributed by atoms with Gasteiger partial charge in [0.25, 0.3) is 5.91 Å². The number of ketones is 1. The molecule has 198 valence electrons. The normalized spacial score (nSPS) is 11.4. The van der Waals surface area contributed by atoms with Gasteiger partial charge in [-0.1, -0.05) is 26.8 Å². The number of aryl methyl sites for hydroxylation is 2. The van der Waals surface area contributed by atoms with Crippen LogP contribution < -0.4 is 14.8 Å². The lowest BCUT2D eigenvalue weighted by Gasteiger charge is -2.14. The van der Waals surface area contributed by atoms with Crippen molar-refractivity contribution in [2.24, 2.45) is 7.05 Å². The van der Waals surface area contributed by atoms with Crippen LogP contribution in [0.3, 0.4) is 0 Å². The van der Waals surface area contributed by atoms with Gasteiger partial charge >= 0.3 is 0 Å². The number of aromatic nitrogens is 3. The standard InChI is InChI=1S/C30H34N4O4/c1-18-12-22(9-8-19(18)13-21(35)14-20-15-28(30(2,3)4)33-34(20)6)38-26-10-11-32-25-17-27(37-7)24(16-23(25)26)29(36)31-5/h8-12,15-17H,13-14H2,1-7H3,(H,31,36). The summed E-state index contributed by atoms with van der Waals surface area (Å²) < 4.78 is 13.4. The molecular formula is C30H34N4O4. The molecule has 0 radical (unpaired) electrons. The van der Waals surface area contributed by atoms with Gasteiger partial charge in [0.05, 0.1) is 23.9 Å². The fourth-order valence-corrected chi connectivity index (χ4v) is 4.29. The van der Waals surface area contributed by atoms with E-state index >= 15 is 0 Å². The molecule has 0 spiro atoms. The summed E-state index contributed by atoms with van der Waals surface area (Å²) in [5.74, 6) is 1.50. The average molecular weight is 515 g/mol. The topological polar surface area (TPSA) is 95.3 Å². The van der Waals surface area contributed by atoms with Crippen LogP contribution in [0.1, 0.15) is 53.6 Å². The predicted octanol–water partition coefficient (Wildman–Crippen LogP) is 5.09. The third-order valence-corrected chi connectivity index (χ3v) is 6.55. The number of hydrogen-bond acceptors (Lipinski definition) is 6. The number of carbonyl (C=O) groups excluding carboxylic acids is 2. The van der Waals surface area contributed by atoms with E-state index in [9.17, 15) is 9.59 Å². The average Bonchev–Trinajstić information content (AvgIpc) is 3.25. The highest BCUT2D eigenvalue weighted by atomic mass is 16.5. The van der Waals surface area contributed by atoms with Crippen molar-refractivity contribution in [3.05, 3.63) is 76.7 Å². The van der Waals surface area contributed by atoms with Gasteiger partial charge in [-0.05, 0) is 48.4 Å². The molecule has 2 aromatic heterocycles. The summed E-state index contributed by atoms with van der Waals surface area (Å²) in [6.07, 6.45) is 2.31. The summed E-state index contributed by atoms with van der Waals surface area (Å²) >= 11 is 0. The highest BCUT2D eigenvalue weighted by Crippen LogP contribution is 2.34. The summed E-state index contributed by atoms with van der Waals surface area (Å²) in [7, 11) is 4.97. The second-order valence-corrected chi connectivity index (χ2v) is 10.4. The number of amides is 1. The molecule has 0 atom stereocenters. The minimum absolute atomic E-state index is 0.0678. The van der Waals surface area contributed by atoms with Gasteiger partial charge in [0.2, 0.25) is 0 Å². The number of rotatable bonds is 8. The second kappa shape index (κ2) is 10.7. The maximum atomic E-state index is 12.9. The molecule has 2 heterocycles. The molecule has 0 aliphatic carbocycles. The van der Waals surface area contributed by atoms with E-state index in [-0.39, 0.29) is 17.1 Å². The van der Waals surface area contributed by atoms with Crippen LogP contribution in [0.4, 0.5) is 0 Å². The van der Waals surface area contributed by atoms with Gasteiger partial charge in [0.15, 0.2) is 0 Å². The van der Waals surface area contributed by atoms with Crippen LogP contribution in [0, 0.1) is 6.92 Å². The molecule has 8 heteroatoms. The van der Waals surface area contributed by atoms with Gasteiger partial charge in [-0.15, -0.1) is 0 Å². The summed E-state index contributed by atoms with van der Waals surface area (Å²) in [4.78, 5) is 29.7. The van der Waals surface area contributed by atoms with Gasteiger partial charge in [-0.25, -0.2) is 0 Å². The van der Waals surface area contributed by atoms with E-state index in [0.29, 0.717) is 46.6 Å². The number of methoxy groups -OCH3 is 1. The molecule has 1 N–H and O–H groups in total. The zero-order chi connectivity index (χ0) is 27.6. The van der Waals surface area contributed by atoms with E-state index in [1.807, 2.05) is 38.2 Å². The Balaban J connectivity index is 1.53. The Morgan fingerprint density at radius 2 is 1.79 bits per heavy atom. The first-order valence-electron chi connectivity index (χ1n) is 12.5. The summed E-state index contributed by atoms with van der Waals surface area (Å²) in [6.45, 7) is 8.30. The van der Waals surface area contributed by atoms with Crippen LogP contribution in [-0.2, 0) is 30.1 Å². The lowest BCUT2D eigenvalue weighted by Crippen LogP contribution is -2.18. The minimum atomic E-state index is -0.260. The van der Waals surface area contributed by atoms with Crippen LogP contribution in [-0.4, -0.2) is 40.6 Å². The van der Waals surface area contributed by atoms with Crippen LogP contribution >= 0.6 is 0 Å². The van der Waals surface area contributed by atoms with Crippen molar-refractivity contribution in [1.29, 1.82) is 0 Å². The Hall–Kier alpha value is -4.20. The second-order valence-electron chi connectivity index (χ2n) is 10.4. The summed E-state index contributed by atoms with van der Waals surface area (Å²) in [5, 5.41) is 7.90. The molecule has 0 aliphatic heterocycles. The van der Waals surface area contributed by atoms with E-state index in [0.717, 1.165) is 22.5 Å². The molecule has 0 fully saturated rings. The van der Waals surface area contributed by atoms with E-state index in [4.69, 9.17) is 9.47 Å². The van der Waals surface area contributed by atoms with Gasteiger partial charge in [-0.3, -0.25) is 19.3 Å². The van der Waals surface area contributed by atoms with E-state index in [2.05, 4.69) is 36.2 Å². The molecule has 38 heavy (non-hydrogen) atoms. The minimum Gasteiger partial charge on any atom is -0.496 e. The highest BCUT2D eigenvalue weighted by Gasteiger charge is 2.20. The largest absolute Gasteiger partial charge is 0.496 e. The third-order valence-electron chi connectivity index (χ3n) is 6.55. The molecule has 0 bridgehead atoms. The first kappa shape index (κ1) is 26.9. The lowest BCUT2D eigenvalue weighted by molar-refractivity contribution is -0.117. The number of fused-ring (bicyclic) bond motifs is 1. The SMILES string of the molecule is CNC(=O)c1cc2c(Oc3ccc(CC(=O)Cc4cc(C(C)(C)C)nn4C)c(C)c3)ccnc2cc1OC. The maximum Gasteiger partial charge on any atom is 0.254 e. The van der Waals surface area contributed by atoms with E-state index in [1.165, 1.54) is 7.11 Å². The van der Waals surface area contributed by atoms with Crippen LogP contribution in [0.15, 0.2) is 48.7 Å². The van der Waals surface area contributed by atoms with Crippen molar-refractivity contribution < 1.29 is 19.1 Å². The zero-order valence-corrected chi connectivity index (χ0v) is 23.0. The number of hydrogen-bond donors (Lipinski definition) is 1. The lowest BCUT2D eigenvalue weighted by atomic mass is 9.92. The molecule has 8 nitrogen and oxygen atoms in total. The van der Waals surface area contributed by atoms with Crippen molar-refractivity contribution in [3.63, 3.8) is 0 Å². The Morgan fingerprint density at radius 1 is 1.03 bits per heavy atom. The van der Waals surface area contributed by atoms with Gasteiger partial charge in [0.1, 0.15) is 23.0 Å². The van der Waals surface area contributed by atoms with Crippen molar-refractivity contribution in [3.8, 4) is 17.2 Å². The van der Waals surface area contributed by atoms with Crippen molar-refractivity contribution in [1.82, 2.24) is 20.1 Å². The third kappa shape index (κ3) is 5.69. The van der Waals surface area contributed by atoms with Gasteiger partial charge in [-0.2, -0.15) is 5.10 Å². The first-order chi connectivity index (χ1) is 18.0. The van der Waals surface area contributed by atoms with Gasteiger partial charge < -0.3 is 14.8 Å². The number of pyridine rings is 1. The summed E-state index contributed by atoms with van der Waals surface area (Å²) in [5.41, 5.74) is 4.78. The van der Waals surface area contributed by atoms with Crippen LogP contribution in [0.25, 0.3) is 10.9 Å². The summed E-state index contributed by atoms with van der Waals surface area (Å²) in [6, 6.07) is 12.9. The molecule has 4 aromatic rings. The number of carbonyl (C=O) groups is 2. The number of Topliss-reactive ketones (excluding diaryl/α,β-unsaturated/α-hetero) is 1. The van der Waals surface area contributed by atoms with Crippen molar-refractivity contribution in [2.45, 2.75) is 46.0 Å². The molecule has 0 saturated carbocycles. The van der Waals surface area contributed by atoms with E-state index in [1.54, 1.807) is 36.1 Å². The molecule has 1 amide bonds. The Labute approximate surface area is 223 Å². The number of ether oxygens (including phenoxy) is 2. The Morgan fingerprint density at radius 3 is 2.42 bits per heavy atom. The Kier molecular flexibility index (Phi) is 7.53. The fourth-order valence-electron chi connectivity index (χ4n) is 4.29. The molecule has 0 aliphatic rings. The maximum absolute atomic E-state index is 12.9. The smallest absolute Gasteiger partial charge is 0.254 e. The Bertz CT molecular complexity index is 1510. The molecule has 0 saturated heterocycles. The number of nitrogens with one attached hydrogen (secondary N) is 1. The van der Waals surface area contributed by atoms with Crippen LogP contribution in [0.5, 0.6) is 17.2 Å². The van der Waals surface area contributed by atoms with Gasteiger partial charge in [0, 0.05) is 55.7 Å².